The van der Waals surface area contributed by atoms with E-state index in [0.717, 1.165) is 15.8 Å². The third kappa shape index (κ3) is 2.98. The molecule has 2 aromatic carbocycles. The highest BCUT2D eigenvalue weighted by atomic mass is 32.1. The van der Waals surface area contributed by atoms with Crippen molar-refractivity contribution in [3.05, 3.63) is 42.0 Å². The Morgan fingerprint density at radius 3 is 3.04 bits per heavy atom. The molecular weight excluding hydrogens is 328 g/mol. The Bertz CT molecular complexity index is 922. The summed E-state index contributed by atoms with van der Waals surface area (Å²) >= 11 is 1.44. The van der Waals surface area contributed by atoms with E-state index in [9.17, 15) is 4.79 Å². The Kier molecular flexibility index (Phi) is 3.70. The number of benzene rings is 2. The molecule has 24 heavy (non-hydrogen) atoms. The minimum Gasteiger partial charge on any atom is -0.484 e. The molecule has 1 N–H and O–H groups in total. The van der Waals surface area contributed by atoms with E-state index >= 15 is 0 Å². The van der Waals surface area contributed by atoms with Crippen molar-refractivity contribution in [3.8, 4) is 17.2 Å². The maximum atomic E-state index is 12.0. The first-order chi connectivity index (χ1) is 11.7. The second-order valence-corrected chi connectivity index (χ2v) is 6.37. The predicted octanol–water partition coefficient (Wildman–Crippen LogP) is 3.35. The average molecular weight is 342 g/mol. The molecule has 0 unspecified atom stereocenters. The van der Waals surface area contributed by atoms with E-state index in [0.29, 0.717) is 22.4 Å². The first-order valence-electron chi connectivity index (χ1n) is 7.37. The van der Waals surface area contributed by atoms with Gasteiger partial charge in [-0.2, -0.15) is 0 Å². The van der Waals surface area contributed by atoms with E-state index in [4.69, 9.17) is 14.2 Å². The molecule has 0 bridgehead atoms. The van der Waals surface area contributed by atoms with Gasteiger partial charge < -0.3 is 14.2 Å². The van der Waals surface area contributed by atoms with Gasteiger partial charge in [-0.1, -0.05) is 17.4 Å². The second kappa shape index (κ2) is 6.01. The van der Waals surface area contributed by atoms with Gasteiger partial charge in [0.2, 0.25) is 6.79 Å². The summed E-state index contributed by atoms with van der Waals surface area (Å²) in [5.74, 6) is 1.59. The molecular formula is C17H14N2O4S. The molecule has 0 atom stereocenters. The van der Waals surface area contributed by atoms with Crippen LogP contribution in [0.4, 0.5) is 5.13 Å². The molecule has 1 aliphatic heterocycles. The summed E-state index contributed by atoms with van der Waals surface area (Å²) in [5.41, 5.74) is 2.03. The molecule has 0 aliphatic carbocycles. The van der Waals surface area contributed by atoms with Crippen LogP contribution in [0.3, 0.4) is 0 Å². The van der Waals surface area contributed by atoms with Crippen LogP contribution in [0.25, 0.3) is 10.2 Å². The standard InChI is InChI=1S/C17H14N2O4S/c1-10-2-4-12-15(6-10)24-17(18-12)19-16(20)8-21-11-3-5-13-14(7-11)23-9-22-13/h2-7H,8-9H2,1H3,(H,18,19,20). The molecule has 0 radical (unpaired) electrons. The van der Waals surface area contributed by atoms with Crippen molar-refractivity contribution < 1.29 is 19.0 Å². The van der Waals surface area contributed by atoms with Crippen LogP contribution in [0, 0.1) is 6.92 Å². The highest BCUT2D eigenvalue weighted by Crippen LogP contribution is 2.35. The molecule has 1 aromatic heterocycles. The number of carbonyl (C=O) groups excluding carboxylic acids is 1. The van der Waals surface area contributed by atoms with Crippen molar-refractivity contribution in [1.29, 1.82) is 0 Å². The van der Waals surface area contributed by atoms with Crippen LogP contribution in [0.2, 0.25) is 0 Å². The van der Waals surface area contributed by atoms with Gasteiger partial charge in [0, 0.05) is 6.07 Å². The van der Waals surface area contributed by atoms with E-state index in [-0.39, 0.29) is 19.3 Å². The maximum Gasteiger partial charge on any atom is 0.264 e. The summed E-state index contributed by atoms with van der Waals surface area (Å²) < 4.78 is 17.0. The second-order valence-electron chi connectivity index (χ2n) is 5.34. The summed E-state index contributed by atoms with van der Waals surface area (Å²) in [4.78, 5) is 16.4. The van der Waals surface area contributed by atoms with E-state index < -0.39 is 0 Å². The minimum atomic E-state index is -0.261. The molecule has 7 heteroatoms. The zero-order valence-corrected chi connectivity index (χ0v) is 13.7. The van der Waals surface area contributed by atoms with Crippen LogP contribution in [-0.2, 0) is 4.79 Å². The number of anilines is 1. The Morgan fingerprint density at radius 2 is 2.12 bits per heavy atom. The number of ether oxygens (including phenoxy) is 3. The lowest BCUT2D eigenvalue weighted by molar-refractivity contribution is -0.118. The third-order valence-electron chi connectivity index (χ3n) is 3.50. The number of nitrogens with zero attached hydrogens (tertiary/aromatic N) is 1. The van der Waals surface area contributed by atoms with Gasteiger partial charge in [-0.25, -0.2) is 4.98 Å². The van der Waals surface area contributed by atoms with Crippen LogP contribution in [0.1, 0.15) is 5.56 Å². The zero-order valence-electron chi connectivity index (χ0n) is 12.9. The number of hydrogen-bond donors (Lipinski definition) is 1. The molecule has 2 heterocycles. The summed E-state index contributed by atoms with van der Waals surface area (Å²) in [6.45, 7) is 2.13. The maximum absolute atomic E-state index is 12.0. The average Bonchev–Trinajstić information content (AvgIpc) is 3.17. The number of fused-ring (bicyclic) bond motifs is 2. The van der Waals surface area contributed by atoms with Gasteiger partial charge in [0.05, 0.1) is 10.2 Å². The molecule has 1 aliphatic rings. The fourth-order valence-corrected chi connectivity index (χ4v) is 3.34. The van der Waals surface area contributed by atoms with Crippen molar-refractivity contribution in [3.63, 3.8) is 0 Å². The van der Waals surface area contributed by atoms with Gasteiger partial charge in [-0.05, 0) is 36.8 Å². The van der Waals surface area contributed by atoms with Gasteiger partial charge >= 0.3 is 0 Å². The van der Waals surface area contributed by atoms with Crippen LogP contribution in [0.15, 0.2) is 36.4 Å². The topological polar surface area (TPSA) is 69.7 Å². The van der Waals surface area contributed by atoms with E-state index in [1.54, 1.807) is 18.2 Å². The molecule has 4 rings (SSSR count). The molecule has 122 valence electrons. The molecule has 0 saturated carbocycles. The van der Waals surface area contributed by atoms with Crippen molar-refractivity contribution in [2.45, 2.75) is 6.92 Å². The van der Waals surface area contributed by atoms with Gasteiger partial charge in [-0.15, -0.1) is 0 Å². The summed E-state index contributed by atoms with van der Waals surface area (Å²) in [7, 11) is 0. The Morgan fingerprint density at radius 1 is 1.25 bits per heavy atom. The summed E-state index contributed by atoms with van der Waals surface area (Å²) in [5, 5.41) is 3.33. The molecule has 0 saturated heterocycles. The van der Waals surface area contributed by atoms with Crippen molar-refractivity contribution >= 4 is 32.6 Å². The third-order valence-corrected chi connectivity index (χ3v) is 4.44. The molecule has 3 aromatic rings. The van der Waals surface area contributed by atoms with Crippen LogP contribution >= 0.6 is 11.3 Å². The minimum absolute atomic E-state index is 0.103. The molecule has 0 spiro atoms. The SMILES string of the molecule is Cc1ccc2nc(NC(=O)COc3ccc4c(c3)OCO4)sc2c1. The predicted molar refractivity (Wildman–Crippen MR) is 91.0 cm³/mol. The quantitative estimate of drug-likeness (QED) is 0.787. The first kappa shape index (κ1) is 14.8. The smallest absolute Gasteiger partial charge is 0.264 e. The Balaban J connectivity index is 1.39. The number of thiazole rings is 1. The van der Waals surface area contributed by atoms with Gasteiger partial charge in [0.1, 0.15) is 5.75 Å². The van der Waals surface area contributed by atoms with Crippen molar-refractivity contribution in [2.24, 2.45) is 0 Å². The lowest BCUT2D eigenvalue weighted by Crippen LogP contribution is -2.19. The summed E-state index contributed by atoms with van der Waals surface area (Å²) in [6.07, 6.45) is 0. The van der Waals surface area contributed by atoms with Crippen LogP contribution in [-0.4, -0.2) is 24.3 Å². The zero-order chi connectivity index (χ0) is 16.5. The number of rotatable bonds is 4. The highest BCUT2D eigenvalue weighted by molar-refractivity contribution is 7.22. The van der Waals surface area contributed by atoms with Crippen molar-refractivity contribution in [1.82, 2.24) is 4.98 Å². The lowest BCUT2D eigenvalue weighted by Gasteiger charge is -2.06. The van der Waals surface area contributed by atoms with Crippen LogP contribution in [0.5, 0.6) is 17.2 Å². The first-order valence-corrected chi connectivity index (χ1v) is 8.18. The number of aryl methyl sites for hydroxylation is 1. The number of hydrogen-bond acceptors (Lipinski definition) is 6. The van der Waals surface area contributed by atoms with Gasteiger partial charge in [0.25, 0.3) is 5.91 Å². The number of carbonyl (C=O) groups is 1. The molecule has 6 nitrogen and oxygen atoms in total. The normalized spacial score (nSPS) is 12.4. The molecule has 0 fully saturated rings. The van der Waals surface area contributed by atoms with E-state index in [2.05, 4.69) is 10.3 Å². The number of amides is 1. The summed E-state index contributed by atoms with van der Waals surface area (Å²) in [6, 6.07) is 11.2. The Labute approximate surface area is 142 Å². The fourth-order valence-electron chi connectivity index (χ4n) is 2.36. The van der Waals surface area contributed by atoms with E-state index in [1.165, 1.54) is 11.3 Å². The van der Waals surface area contributed by atoms with Gasteiger partial charge in [0.15, 0.2) is 23.2 Å². The van der Waals surface area contributed by atoms with Crippen molar-refractivity contribution in [2.75, 3.05) is 18.7 Å². The van der Waals surface area contributed by atoms with E-state index in [1.807, 2.05) is 25.1 Å². The largest absolute Gasteiger partial charge is 0.484 e. The highest BCUT2D eigenvalue weighted by Gasteiger charge is 2.14. The van der Waals surface area contributed by atoms with Gasteiger partial charge in [-0.3, -0.25) is 10.1 Å². The molecule has 1 amide bonds. The fraction of sp³-hybridized carbons (Fsp3) is 0.176. The number of aromatic nitrogens is 1. The van der Waals surface area contributed by atoms with Crippen LogP contribution < -0.4 is 19.5 Å². The Hall–Kier alpha value is -2.80. The lowest BCUT2D eigenvalue weighted by atomic mass is 10.2. The monoisotopic (exact) mass is 342 g/mol. The number of nitrogens with one attached hydrogen (secondary N) is 1.